The first-order valence-electron chi connectivity index (χ1n) is 8.03. The molecule has 0 saturated heterocycles. The van der Waals surface area contributed by atoms with Crippen LogP contribution in [0.5, 0.6) is 11.5 Å². The second-order valence-electron chi connectivity index (χ2n) is 5.92. The minimum Gasteiger partial charge on any atom is -0.497 e. The minimum absolute atomic E-state index is 0.0324. The topological polar surface area (TPSA) is 76.7 Å². The molecule has 25 heavy (non-hydrogen) atoms. The molecule has 0 aromatic heterocycles. The van der Waals surface area contributed by atoms with Crippen molar-refractivity contribution < 1.29 is 19.1 Å². The van der Waals surface area contributed by atoms with E-state index in [9.17, 15) is 9.59 Å². The number of fused-ring (bicyclic) bond motifs is 1. The number of nitrogens with one attached hydrogen (secondary N) is 2. The molecular formula is C19H20N2O4. The van der Waals surface area contributed by atoms with E-state index in [1.165, 1.54) is 0 Å². The van der Waals surface area contributed by atoms with Gasteiger partial charge in [-0.3, -0.25) is 9.59 Å². The van der Waals surface area contributed by atoms with Crippen LogP contribution in [0.3, 0.4) is 0 Å². The van der Waals surface area contributed by atoms with Crippen LogP contribution in [0.1, 0.15) is 17.5 Å². The van der Waals surface area contributed by atoms with Crippen molar-refractivity contribution in [2.45, 2.75) is 26.0 Å². The molecule has 2 amide bonds. The summed E-state index contributed by atoms with van der Waals surface area (Å²) in [5, 5.41) is 5.58. The fourth-order valence-corrected chi connectivity index (χ4v) is 2.58. The number of carbonyl (C=O) groups excluding carboxylic acids is 2. The van der Waals surface area contributed by atoms with Crippen molar-refractivity contribution in [2.75, 3.05) is 12.4 Å². The molecule has 2 N–H and O–H groups in total. The van der Waals surface area contributed by atoms with Crippen molar-refractivity contribution >= 4 is 17.5 Å². The van der Waals surface area contributed by atoms with Crippen LogP contribution in [-0.2, 0) is 16.1 Å². The lowest BCUT2D eigenvalue weighted by Gasteiger charge is -2.25. The predicted octanol–water partition coefficient (Wildman–Crippen LogP) is 2.41. The Labute approximate surface area is 146 Å². The van der Waals surface area contributed by atoms with Crippen LogP contribution < -0.4 is 20.1 Å². The van der Waals surface area contributed by atoms with E-state index in [4.69, 9.17) is 9.47 Å². The molecule has 1 aliphatic rings. The molecule has 0 unspecified atom stereocenters. The molecule has 1 heterocycles. The zero-order valence-electron chi connectivity index (χ0n) is 14.2. The van der Waals surface area contributed by atoms with Gasteiger partial charge in [0.25, 0.3) is 5.91 Å². The van der Waals surface area contributed by atoms with Crippen LogP contribution in [-0.4, -0.2) is 25.0 Å². The van der Waals surface area contributed by atoms with Crippen molar-refractivity contribution in [3.63, 3.8) is 0 Å². The number of amides is 2. The molecule has 1 aliphatic heterocycles. The maximum Gasteiger partial charge on any atom is 0.266 e. The van der Waals surface area contributed by atoms with E-state index in [1.807, 2.05) is 43.3 Å². The van der Waals surface area contributed by atoms with Gasteiger partial charge in [-0.1, -0.05) is 18.2 Å². The Kier molecular flexibility index (Phi) is 4.88. The van der Waals surface area contributed by atoms with Crippen molar-refractivity contribution in [1.29, 1.82) is 0 Å². The fraction of sp³-hybridized carbons (Fsp3) is 0.263. The van der Waals surface area contributed by atoms with Crippen LogP contribution >= 0.6 is 0 Å². The normalized spacial score (nSPS) is 15.6. The molecule has 130 valence electrons. The Morgan fingerprint density at radius 1 is 1.24 bits per heavy atom. The van der Waals surface area contributed by atoms with Crippen LogP contribution in [0.25, 0.3) is 0 Å². The van der Waals surface area contributed by atoms with Gasteiger partial charge in [0.2, 0.25) is 5.91 Å². The molecule has 3 rings (SSSR count). The standard InChI is InChI=1S/C19H20N2O4/c1-12-3-8-16-15(9-12)21-19(23)17(25-16)10-18(22)20-11-13-4-6-14(24-2)7-5-13/h3-9,17H,10-11H2,1-2H3,(H,20,22)(H,21,23)/t17-/m0/s1. The second kappa shape index (κ2) is 7.25. The van der Waals surface area contributed by atoms with E-state index in [-0.39, 0.29) is 18.2 Å². The summed E-state index contributed by atoms with van der Waals surface area (Å²) >= 11 is 0. The lowest BCUT2D eigenvalue weighted by atomic mass is 10.1. The van der Waals surface area contributed by atoms with Crippen molar-refractivity contribution in [2.24, 2.45) is 0 Å². The molecule has 6 nitrogen and oxygen atoms in total. The molecule has 1 atom stereocenters. The largest absolute Gasteiger partial charge is 0.497 e. The fourth-order valence-electron chi connectivity index (χ4n) is 2.58. The van der Waals surface area contributed by atoms with E-state index >= 15 is 0 Å². The van der Waals surface area contributed by atoms with Gasteiger partial charge in [-0.25, -0.2) is 0 Å². The first-order valence-corrected chi connectivity index (χ1v) is 8.03. The van der Waals surface area contributed by atoms with E-state index in [1.54, 1.807) is 13.2 Å². The number of aryl methyl sites for hydroxylation is 1. The van der Waals surface area contributed by atoms with Crippen LogP contribution in [0.4, 0.5) is 5.69 Å². The Morgan fingerprint density at radius 3 is 2.72 bits per heavy atom. The molecule has 2 aromatic rings. The molecule has 0 radical (unpaired) electrons. The summed E-state index contributed by atoms with van der Waals surface area (Å²) in [4.78, 5) is 24.2. The van der Waals surface area contributed by atoms with Gasteiger partial charge in [-0.15, -0.1) is 0 Å². The number of hydrogen-bond acceptors (Lipinski definition) is 4. The number of benzene rings is 2. The highest BCUT2D eigenvalue weighted by molar-refractivity contribution is 6.00. The van der Waals surface area contributed by atoms with Crippen LogP contribution in [0.2, 0.25) is 0 Å². The first-order chi connectivity index (χ1) is 12.0. The molecule has 0 saturated carbocycles. The molecule has 0 fully saturated rings. The van der Waals surface area contributed by atoms with E-state index in [0.29, 0.717) is 18.0 Å². The SMILES string of the molecule is COc1ccc(CNC(=O)C[C@@H]2Oc3ccc(C)cc3NC2=O)cc1. The maximum atomic E-state index is 12.1. The highest BCUT2D eigenvalue weighted by Gasteiger charge is 2.29. The monoisotopic (exact) mass is 340 g/mol. The van der Waals surface area contributed by atoms with Gasteiger partial charge >= 0.3 is 0 Å². The Hall–Kier alpha value is -3.02. The number of carbonyl (C=O) groups is 2. The van der Waals surface area contributed by atoms with Crippen molar-refractivity contribution in [1.82, 2.24) is 5.32 Å². The summed E-state index contributed by atoms with van der Waals surface area (Å²) in [6.07, 6.45) is -0.860. The maximum absolute atomic E-state index is 12.1. The third kappa shape index (κ3) is 4.09. The highest BCUT2D eigenvalue weighted by Crippen LogP contribution is 2.30. The molecule has 6 heteroatoms. The molecule has 0 aliphatic carbocycles. The van der Waals surface area contributed by atoms with Gasteiger partial charge in [0.05, 0.1) is 19.2 Å². The second-order valence-corrected chi connectivity index (χ2v) is 5.92. The Bertz CT molecular complexity index is 787. The van der Waals surface area contributed by atoms with Gasteiger partial charge in [0.1, 0.15) is 11.5 Å². The van der Waals surface area contributed by atoms with Crippen molar-refractivity contribution in [3.05, 3.63) is 53.6 Å². The zero-order chi connectivity index (χ0) is 17.8. The number of hydrogen-bond donors (Lipinski definition) is 2. The van der Waals surface area contributed by atoms with Crippen LogP contribution in [0.15, 0.2) is 42.5 Å². The van der Waals surface area contributed by atoms with E-state index in [0.717, 1.165) is 16.9 Å². The lowest BCUT2D eigenvalue weighted by molar-refractivity contribution is -0.130. The summed E-state index contributed by atoms with van der Waals surface area (Å²) in [7, 11) is 1.60. The first kappa shape index (κ1) is 16.8. The number of anilines is 1. The predicted molar refractivity (Wildman–Crippen MR) is 93.7 cm³/mol. The Balaban J connectivity index is 1.55. The van der Waals surface area contributed by atoms with Gasteiger partial charge in [0, 0.05) is 6.54 Å². The third-order valence-electron chi connectivity index (χ3n) is 3.97. The third-order valence-corrected chi connectivity index (χ3v) is 3.97. The smallest absolute Gasteiger partial charge is 0.266 e. The Morgan fingerprint density at radius 2 is 2.00 bits per heavy atom. The van der Waals surface area contributed by atoms with Gasteiger partial charge < -0.3 is 20.1 Å². The highest BCUT2D eigenvalue weighted by atomic mass is 16.5. The van der Waals surface area contributed by atoms with Gasteiger partial charge in [-0.05, 0) is 42.3 Å². The molecule has 0 bridgehead atoms. The molecule has 0 spiro atoms. The minimum atomic E-state index is -0.828. The summed E-state index contributed by atoms with van der Waals surface area (Å²) in [5.74, 6) is 0.790. The quantitative estimate of drug-likeness (QED) is 0.876. The van der Waals surface area contributed by atoms with E-state index < -0.39 is 6.10 Å². The number of ether oxygens (including phenoxy) is 2. The summed E-state index contributed by atoms with van der Waals surface area (Å²) in [6.45, 7) is 2.32. The van der Waals surface area contributed by atoms with Gasteiger partial charge in [-0.2, -0.15) is 0 Å². The summed E-state index contributed by atoms with van der Waals surface area (Å²) < 4.78 is 10.8. The van der Waals surface area contributed by atoms with Crippen molar-refractivity contribution in [3.8, 4) is 11.5 Å². The number of rotatable bonds is 5. The van der Waals surface area contributed by atoms with Gasteiger partial charge in [0.15, 0.2) is 6.10 Å². The average molecular weight is 340 g/mol. The zero-order valence-corrected chi connectivity index (χ0v) is 14.2. The van der Waals surface area contributed by atoms with E-state index in [2.05, 4.69) is 10.6 Å². The number of methoxy groups -OCH3 is 1. The summed E-state index contributed by atoms with van der Waals surface area (Å²) in [5.41, 5.74) is 2.61. The average Bonchev–Trinajstić information content (AvgIpc) is 2.61. The summed E-state index contributed by atoms with van der Waals surface area (Å²) in [6, 6.07) is 13.0. The molecular weight excluding hydrogens is 320 g/mol. The lowest BCUT2D eigenvalue weighted by Crippen LogP contribution is -2.40. The molecule has 2 aromatic carbocycles. The van der Waals surface area contributed by atoms with Crippen LogP contribution in [0, 0.1) is 6.92 Å².